The van der Waals surface area contributed by atoms with Crippen molar-refractivity contribution in [2.24, 2.45) is 11.8 Å². The smallest absolute Gasteiger partial charge is 0.410 e. The van der Waals surface area contributed by atoms with Crippen LogP contribution in [0.15, 0.2) is 60.7 Å². The van der Waals surface area contributed by atoms with Crippen molar-refractivity contribution in [2.75, 3.05) is 26.4 Å². The van der Waals surface area contributed by atoms with Crippen LogP contribution < -0.4 is 0 Å². The number of nitrogens with zero attached hydrogens (tertiary/aromatic N) is 1. The Balaban J connectivity index is 1.60. The Bertz CT molecular complexity index is 810. The Labute approximate surface area is 196 Å². The van der Waals surface area contributed by atoms with E-state index in [4.69, 9.17) is 14.6 Å². The fourth-order valence-corrected chi connectivity index (χ4v) is 4.54. The molecule has 33 heavy (non-hydrogen) atoms. The number of carbonyl (C=O) groups excluding carboxylic acids is 1. The largest absolute Gasteiger partial charge is 0.480 e. The number of carbonyl (C=O) groups is 2. The maximum Gasteiger partial charge on any atom is 0.410 e. The predicted molar refractivity (Wildman–Crippen MR) is 127 cm³/mol. The van der Waals surface area contributed by atoms with Gasteiger partial charge in [-0.25, -0.2) is 9.59 Å². The third kappa shape index (κ3) is 7.60. The van der Waals surface area contributed by atoms with Gasteiger partial charge < -0.3 is 14.6 Å². The van der Waals surface area contributed by atoms with Gasteiger partial charge >= 0.3 is 12.1 Å². The van der Waals surface area contributed by atoms with Crippen molar-refractivity contribution in [3.8, 4) is 0 Å². The second-order valence-electron chi connectivity index (χ2n) is 8.79. The standard InChI is InChI=1S/C27H35NO5/c1-2-17-28(26(23-9-5-3-6-10-23)24-11-7-4-8-12-24)27(31)33-19-22-15-13-21(14-16-22)18-32-20-25(29)30/h3-12,21-22,26H,2,13-20H2,1H3,(H,29,30)/t21-,22-. The van der Waals surface area contributed by atoms with Gasteiger partial charge in [-0.1, -0.05) is 67.6 Å². The van der Waals surface area contributed by atoms with Crippen LogP contribution in [0, 0.1) is 11.8 Å². The molecule has 1 fully saturated rings. The summed E-state index contributed by atoms with van der Waals surface area (Å²) in [5.74, 6) is -0.218. The lowest BCUT2D eigenvalue weighted by Crippen LogP contribution is -2.37. The first kappa shape index (κ1) is 24.8. The Kier molecular flexibility index (Phi) is 9.76. The molecule has 0 spiro atoms. The number of ether oxygens (including phenoxy) is 2. The molecule has 0 saturated heterocycles. The molecule has 1 amide bonds. The van der Waals surface area contributed by atoms with Crippen LogP contribution in [-0.4, -0.2) is 48.4 Å². The molecule has 0 bridgehead atoms. The lowest BCUT2D eigenvalue weighted by molar-refractivity contribution is -0.142. The average Bonchev–Trinajstić information content (AvgIpc) is 2.84. The monoisotopic (exact) mass is 453 g/mol. The summed E-state index contributed by atoms with van der Waals surface area (Å²) < 4.78 is 11.1. The maximum absolute atomic E-state index is 13.3. The Morgan fingerprint density at radius 1 is 0.909 bits per heavy atom. The van der Waals surface area contributed by atoms with Crippen LogP contribution in [0.1, 0.15) is 56.2 Å². The molecule has 3 rings (SSSR count). The van der Waals surface area contributed by atoms with Crippen LogP contribution in [0.4, 0.5) is 4.79 Å². The van der Waals surface area contributed by atoms with Crippen molar-refractivity contribution >= 4 is 12.1 Å². The molecule has 1 saturated carbocycles. The first-order valence-electron chi connectivity index (χ1n) is 11.9. The molecule has 1 aliphatic carbocycles. The molecule has 2 aromatic rings. The lowest BCUT2D eigenvalue weighted by Gasteiger charge is -2.33. The van der Waals surface area contributed by atoms with E-state index in [2.05, 4.69) is 31.2 Å². The highest BCUT2D eigenvalue weighted by Gasteiger charge is 2.29. The molecule has 6 heteroatoms. The van der Waals surface area contributed by atoms with E-state index in [0.717, 1.165) is 43.2 Å². The van der Waals surface area contributed by atoms with Crippen LogP contribution in [0.5, 0.6) is 0 Å². The van der Waals surface area contributed by atoms with Crippen molar-refractivity contribution in [3.05, 3.63) is 71.8 Å². The molecule has 0 aromatic heterocycles. The summed E-state index contributed by atoms with van der Waals surface area (Å²) in [7, 11) is 0. The Morgan fingerprint density at radius 3 is 1.91 bits per heavy atom. The number of benzene rings is 2. The molecule has 1 N–H and O–H groups in total. The van der Waals surface area contributed by atoms with Crippen molar-refractivity contribution in [1.82, 2.24) is 4.90 Å². The summed E-state index contributed by atoms with van der Waals surface area (Å²) in [5.41, 5.74) is 2.13. The van der Waals surface area contributed by atoms with Gasteiger partial charge in [0.1, 0.15) is 6.61 Å². The van der Waals surface area contributed by atoms with Crippen molar-refractivity contribution in [1.29, 1.82) is 0 Å². The molecule has 1 aliphatic rings. The van der Waals surface area contributed by atoms with Crippen LogP contribution in [-0.2, 0) is 14.3 Å². The number of rotatable bonds is 11. The average molecular weight is 454 g/mol. The number of amides is 1. The summed E-state index contributed by atoms with van der Waals surface area (Å²) in [6.45, 7) is 3.34. The predicted octanol–water partition coefficient (Wildman–Crippen LogP) is 5.53. The van der Waals surface area contributed by atoms with E-state index in [1.54, 1.807) is 0 Å². The van der Waals surface area contributed by atoms with E-state index in [1.165, 1.54) is 0 Å². The van der Waals surface area contributed by atoms with Crippen molar-refractivity contribution in [3.63, 3.8) is 0 Å². The molecule has 0 aliphatic heterocycles. The fourth-order valence-electron chi connectivity index (χ4n) is 4.54. The normalized spacial score (nSPS) is 18.1. The van der Waals surface area contributed by atoms with E-state index < -0.39 is 5.97 Å². The van der Waals surface area contributed by atoms with Gasteiger partial charge in [0.15, 0.2) is 0 Å². The van der Waals surface area contributed by atoms with Crippen LogP contribution in [0.25, 0.3) is 0 Å². The topological polar surface area (TPSA) is 76.1 Å². The SMILES string of the molecule is CCCN(C(=O)OC[C@H]1CC[C@H](COCC(=O)O)CC1)C(c1ccccc1)c1ccccc1. The van der Waals surface area contributed by atoms with E-state index in [9.17, 15) is 9.59 Å². The van der Waals surface area contributed by atoms with E-state index >= 15 is 0 Å². The lowest BCUT2D eigenvalue weighted by atomic mass is 9.83. The second kappa shape index (κ2) is 13.0. The maximum atomic E-state index is 13.3. The van der Waals surface area contributed by atoms with E-state index in [-0.39, 0.29) is 18.7 Å². The van der Waals surface area contributed by atoms with E-state index in [1.807, 2.05) is 41.3 Å². The third-order valence-corrected chi connectivity index (χ3v) is 6.23. The van der Waals surface area contributed by atoms with Crippen LogP contribution in [0.3, 0.4) is 0 Å². The highest BCUT2D eigenvalue weighted by atomic mass is 16.6. The zero-order valence-electron chi connectivity index (χ0n) is 19.4. The molecule has 178 valence electrons. The number of hydrogen-bond acceptors (Lipinski definition) is 4. The van der Waals surface area contributed by atoms with Gasteiger partial charge in [-0.2, -0.15) is 0 Å². The highest BCUT2D eigenvalue weighted by molar-refractivity contribution is 5.69. The molecule has 6 nitrogen and oxygen atoms in total. The minimum atomic E-state index is -0.934. The van der Waals surface area contributed by atoms with Gasteiger partial charge in [0.05, 0.1) is 19.3 Å². The molecule has 0 heterocycles. The highest BCUT2D eigenvalue weighted by Crippen LogP contribution is 2.31. The fraction of sp³-hybridized carbons (Fsp3) is 0.481. The Hall–Kier alpha value is -2.86. The number of carboxylic acids is 1. The summed E-state index contributed by atoms with van der Waals surface area (Å²) in [5, 5.41) is 8.70. The number of carboxylic acid groups (broad SMARTS) is 1. The van der Waals surface area contributed by atoms with Gasteiger partial charge in [-0.15, -0.1) is 0 Å². The third-order valence-electron chi connectivity index (χ3n) is 6.23. The zero-order valence-corrected chi connectivity index (χ0v) is 19.4. The van der Waals surface area contributed by atoms with Crippen LogP contribution in [0.2, 0.25) is 0 Å². The molecule has 0 atom stereocenters. The van der Waals surface area contributed by atoms with E-state index in [0.29, 0.717) is 31.6 Å². The first-order chi connectivity index (χ1) is 16.1. The van der Waals surface area contributed by atoms with Gasteiger partial charge in [0, 0.05) is 6.54 Å². The summed E-state index contributed by atoms with van der Waals surface area (Å²) in [6.07, 6.45) is 4.42. The quantitative estimate of drug-likeness (QED) is 0.484. The van der Waals surface area contributed by atoms with Gasteiger partial charge in [-0.3, -0.25) is 4.90 Å². The Morgan fingerprint density at radius 2 is 1.42 bits per heavy atom. The first-order valence-corrected chi connectivity index (χ1v) is 11.9. The van der Waals surface area contributed by atoms with Gasteiger partial charge in [0.2, 0.25) is 0 Å². The molecule has 0 radical (unpaired) electrons. The van der Waals surface area contributed by atoms with Crippen molar-refractivity contribution < 1.29 is 24.2 Å². The summed E-state index contributed by atoms with van der Waals surface area (Å²) >= 11 is 0. The van der Waals surface area contributed by atoms with Gasteiger partial charge in [0.25, 0.3) is 0 Å². The zero-order chi connectivity index (χ0) is 23.5. The van der Waals surface area contributed by atoms with Gasteiger partial charge in [-0.05, 0) is 55.1 Å². The van der Waals surface area contributed by atoms with Crippen molar-refractivity contribution in [2.45, 2.75) is 45.1 Å². The molecule has 2 aromatic carbocycles. The summed E-state index contributed by atoms with van der Waals surface area (Å²) in [4.78, 5) is 25.7. The van der Waals surface area contributed by atoms with Crippen LogP contribution >= 0.6 is 0 Å². The number of hydrogen-bond donors (Lipinski definition) is 1. The molecule has 0 unspecified atom stereocenters. The second-order valence-corrected chi connectivity index (χ2v) is 8.79. The molecular weight excluding hydrogens is 418 g/mol. The molecular formula is C27H35NO5. The summed E-state index contributed by atoms with van der Waals surface area (Å²) in [6, 6.07) is 20.0. The minimum Gasteiger partial charge on any atom is -0.480 e. The minimum absolute atomic E-state index is 0.193. The number of aliphatic carboxylic acids is 1.